The van der Waals surface area contributed by atoms with Crippen molar-refractivity contribution < 1.29 is 13.9 Å². The Labute approximate surface area is 123 Å². The number of hydrogen-bond acceptors (Lipinski definition) is 3. The number of carbonyl (C=O) groups is 1. The second-order valence-electron chi connectivity index (χ2n) is 4.74. The minimum Gasteiger partial charge on any atom is -0.465 e. The molecule has 0 fully saturated rings. The molecule has 0 saturated carbocycles. The molecule has 2 aromatic carbocycles. The smallest absolute Gasteiger partial charge is 0.323 e. The Morgan fingerprint density at radius 3 is 2.48 bits per heavy atom. The van der Waals surface area contributed by atoms with Gasteiger partial charge < -0.3 is 10.5 Å². The summed E-state index contributed by atoms with van der Waals surface area (Å²) in [6.07, 6.45) is 0.399. The summed E-state index contributed by atoms with van der Waals surface area (Å²) in [4.78, 5) is 11.5. The Hall–Kier alpha value is -2.20. The molecule has 1 unspecified atom stereocenters. The van der Waals surface area contributed by atoms with E-state index in [2.05, 4.69) is 0 Å². The first-order valence-corrected chi connectivity index (χ1v) is 6.88. The molecular weight excluding hydrogens is 269 g/mol. The molecule has 0 aliphatic rings. The van der Waals surface area contributed by atoms with E-state index in [1.165, 1.54) is 6.07 Å². The predicted molar refractivity (Wildman–Crippen MR) is 80.1 cm³/mol. The SMILES string of the molecule is CCOC(=O)C(N)Cc1ccc(-c2ccccc2F)cc1. The molecule has 0 bridgehead atoms. The van der Waals surface area contributed by atoms with Crippen LogP contribution in [0, 0.1) is 5.82 Å². The standard InChI is InChI=1S/C17H18FNO2/c1-2-21-17(20)16(19)11-12-7-9-13(10-8-12)14-5-3-4-6-15(14)18/h3-10,16H,2,11,19H2,1H3. The Balaban J connectivity index is 2.09. The molecule has 0 aliphatic carbocycles. The monoisotopic (exact) mass is 287 g/mol. The first-order chi connectivity index (χ1) is 10.1. The largest absolute Gasteiger partial charge is 0.465 e. The van der Waals surface area contributed by atoms with Gasteiger partial charge in [0.2, 0.25) is 0 Å². The van der Waals surface area contributed by atoms with Crippen LogP contribution in [0.25, 0.3) is 11.1 Å². The molecule has 0 heterocycles. The Morgan fingerprint density at radius 2 is 1.86 bits per heavy atom. The summed E-state index contributed by atoms with van der Waals surface area (Å²) in [6.45, 7) is 2.06. The number of hydrogen-bond donors (Lipinski definition) is 1. The predicted octanol–water partition coefficient (Wildman–Crippen LogP) is 2.93. The van der Waals surface area contributed by atoms with Crippen molar-refractivity contribution >= 4 is 5.97 Å². The van der Waals surface area contributed by atoms with Gasteiger partial charge in [0, 0.05) is 5.56 Å². The lowest BCUT2D eigenvalue weighted by Gasteiger charge is -2.11. The maximum Gasteiger partial charge on any atom is 0.323 e. The fourth-order valence-electron chi connectivity index (χ4n) is 2.10. The Bertz CT molecular complexity index is 610. The van der Waals surface area contributed by atoms with Crippen LogP contribution in [0.2, 0.25) is 0 Å². The number of halogens is 1. The van der Waals surface area contributed by atoms with Crippen LogP contribution in [0.5, 0.6) is 0 Å². The lowest BCUT2D eigenvalue weighted by molar-refractivity contribution is -0.144. The third-order valence-corrected chi connectivity index (χ3v) is 3.18. The number of carbonyl (C=O) groups excluding carboxylic acids is 1. The molecule has 0 spiro atoms. The van der Waals surface area contributed by atoms with Crippen molar-refractivity contribution in [3.63, 3.8) is 0 Å². The number of esters is 1. The zero-order valence-electron chi connectivity index (χ0n) is 11.9. The van der Waals surface area contributed by atoms with Gasteiger partial charge in [-0.1, -0.05) is 42.5 Å². The summed E-state index contributed by atoms with van der Waals surface area (Å²) >= 11 is 0. The molecule has 110 valence electrons. The lowest BCUT2D eigenvalue weighted by Crippen LogP contribution is -2.34. The summed E-state index contributed by atoms with van der Waals surface area (Å²) in [6, 6.07) is 13.3. The van der Waals surface area contributed by atoms with Gasteiger partial charge in [-0.2, -0.15) is 0 Å². The highest BCUT2D eigenvalue weighted by atomic mass is 19.1. The van der Waals surface area contributed by atoms with E-state index in [1.807, 2.05) is 24.3 Å². The first-order valence-electron chi connectivity index (χ1n) is 6.88. The van der Waals surface area contributed by atoms with Gasteiger partial charge in [0.05, 0.1) is 6.61 Å². The number of benzene rings is 2. The fraction of sp³-hybridized carbons (Fsp3) is 0.235. The molecule has 2 rings (SSSR count). The second kappa shape index (κ2) is 6.99. The molecule has 1 atom stereocenters. The van der Waals surface area contributed by atoms with Crippen LogP contribution in [0.3, 0.4) is 0 Å². The summed E-state index contributed by atoms with van der Waals surface area (Å²) in [5.41, 5.74) is 8.03. The zero-order valence-corrected chi connectivity index (χ0v) is 11.9. The summed E-state index contributed by atoms with van der Waals surface area (Å²) in [5.74, 6) is -0.663. The van der Waals surface area contributed by atoms with Crippen LogP contribution in [0.4, 0.5) is 4.39 Å². The molecule has 0 amide bonds. The minimum atomic E-state index is -0.677. The van der Waals surface area contributed by atoms with E-state index in [0.29, 0.717) is 18.6 Å². The van der Waals surface area contributed by atoms with Crippen molar-refractivity contribution in [2.75, 3.05) is 6.61 Å². The zero-order chi connectivity index (χ0) is 15.2. The van der Waals surface area contributed by atoms with Crippen molar-refractivity contribution in [1.29, 1.82) is 0 Å². The Morgan fingerprint density at radius 1 is 1.19 bits per heavy atom. The van der Waals surface area contributed by atoms with E-state index in [1.54, 1.807) is 25.1 Å². The van der Waals surface area contributed by atoms with Gasteiger partial charge in [-0.15, -0.1) is 0 Å². The highest BCUT2D eigenvalue weighted by Gasteiger charge is 2.15. The van der Waals surface area contributed by atoms with Gasteiger partial charge >= 0.3 is 5.97 Å². The normalized spacial score (nSPS) is 12.0. The van der Waals surface area contributed by atoms with E-state index in [9.17, 15) is 9.18 Å². The molecule has 2 N–H and O–H groups in total. The maximum atomic E-state index is 13.7. The van der Waals surface area contributed by atoms with Crippen molar-refractivity contribution in [1.82, 2.24) is 0 Å². The summed E-state index contributed by atoms with van der Waals surface area (Å²) < 4.78 is 18.6. The van der Waals surface area contributed by atoms with Crippen LogP contribution >= 0.6 is 0 Å². The average Bonchev–Trinajstić information content (AvgIpc) is 2.49. The average molecular weight is 287 g/mol. The number of ether oxygens (including phenoxy) is 1. The second-order valence-corrected chi connectivity index (χ2v) is 4.74. The van der Waals surface area contributed by atoms with Crippen LogP contribution in [-0.4, -0.2) is 18.6 Å². The third kappa shape index (κ3) is 3.89. The van der Waals surface area contributed by atoms with Gasteiger partial charge in [0.25, 0.3) is 0 Å². The van der Waals surface area contributed by atoms with E-state index in [4.69, 9.17) is 10.5 Å². The van der Waals surface area contributed by atoms with E-state index < -0.39 is 12.0 Å². The molecule has 0 aliphatic heterocycles. The fourth-order valence-corrected chi connectivity index (χ4v) is 2.10. The van der Waals surface area contributed by atoms with Crippen LogP contribution < -0.4 is 5.73 Å². The van der Waals surface area contributed by atoms with E-state index in [0.717, 1.165) is 11.1 Å². The van der Waals surface area contributed by atoms with Crippen molar-refractivity contribution in [3.05, 3.63) is 59.9 Å². The van der Waals surface area contributed by atoms with Crippen molar-refractivity contribution in [3.8, 4) is 11.1 Å². The van der Waals surface area contributed by atoms with E-state index >= 15 is 0 Å². The molecule has 4 heteroatoms. The summed E-state index contributed by atoms with van der Waals surface area (Å²) in [7, 11) is 0. The number of rotatable bonds is 5. The van der Waals surface area contributed by atoms with Crippen molar-refractivity contribution in [2.45, 2.75) is 19.4 Å². The highest BCUT2D eigenvalue weighted by molar-refractivity contribution is 5.76. The molecular formula is C17H18FNO2. The highest BCUT2D eigenvalue weighted by Crippen LogP contribution is 2.23. The Kier molecular flexibility index (Phi) is 5.06. The van der Waals surface area contributed by atoms with Crippen LogP contribution in [0.1, 0.15) is 12.5 Å². The lowest BCUT2D eigenvalue weighted by atomic mass is 10.0. The summed E-state index contributed by atoms with van der Waals surface area (Å²) in [5, 5.41) is 0. The number of nitrogens with two attached hydrogens (primary N) is 1. The molecule has 2 aromatic rings. The quantitative estimate of drug-likeness (QED) is 0.860. The van der Waals surface area contributed by atoms with Crippen LogP contribution in [-0.2, 0) is 16.0 Å². The molecule has 0 aromatic heterocycles. The molecule has 3 nitrogen and oxygen atoms in total. The van der Waals surface area contributed by atoms with Gasteiger partial charge in [-0.3, -0.25) is 4.79 Å². The van der Waals surface area contributed by atoms with Crippen molar-refractivity contribution in [2.24, 2.45) is 5.73 Å². The molecule has 0 saturated heterocycles. The van der Waals surface area contributed by atoms with Gasteiger partial charge in [-0.25, -0.2) is 4.39 Å². The first kappa shape index (κ1) is 15.2. The maximum absolute atomic E-state index is 13.7. The van der Waals surface area contributed by atoms with Gasteiger partial charge in [0.1, 0.15) is 11.9 Å². The van der Waals surface area contributed by atoms with E-state index in [-0.39, 0.29) is 5.82 Å². The minimum absolute atomic E-state index is 0.256. The molecule has 0 radical (unpaired) electrons. The topological polar surface area (TPSA) is 52.3 Å². The van der Waals surface area contributed by atoms with Gasteiger partial charge in [0.15, 0.2) is 0 Å². The third-order valence-electron chi connectivity index (χ3n) is 3.18. The van der Waals surface area contributed by atoms with Gasteiger partial charge in [-0.05, 0) is 30.5 Å². The van der Waals surface area contributed by atoms with Crippen LogP contribution in [0.15, 0.2) is 48.5 Å². The molecule has 21 heavy (non-hydrogen) atoms.